The first-order chi connectivity index (χ1) is 7.25. The summed E-state index contributed by atoms with van der Waals surface area (Å²) in [5.74, 6) is 0. The molecule has 0 aliphatic rings. The number of fused-ring (bicyclic) bond motifs is 3. The van der Waals surface area contributed by atoms with Gasteiger partial charge in [0.25, 0.3) is 5.56 Å². The number of aryl methyl sites for hydroxylation is 1. The van der Waals surface area contributed by atoms with Crippen molar-refractivity contribution in [1.29, 1.82) is 0 Å². The second-order valence-corrected chi connectivity index (χ2v) is 3.56. The summed E-state index contributed by atoms with van der Waals surface area (Å²) in [4.78, 5) is 14.3. The highest BCUT2D eigenvalue weighted by Crippen LogP contribution is 2.21. The van der Waals surface area contributed by atoms with E-state index in [-0.39, 0.29) is 5.56 Å². The average Bonchev–Trinajstić information content (AvgIpc) is 2.68. The Balaban J connectivity index is 2.62. The van der Waals surface area contributed by atoms with Crippen molar-refractivity contribution in [2.45, 2.75) is 6.92 Å². The van der Waals surface area contributed by atoms with E-state index in [0.717, 1.165) is 21.8 Å². The van der Waals surface area contributed by atoms with Gasteiger partial charge in [-0.05, 0) is 24.4 Å². The van der Waals surface area contributed by atoms with Gasteiger partial charge in [0.2, 0.25) is 0 Å². The van der Waals surface area contributed by atoms with E-state index in [1.54, 1.807) is 13.2 Å². The molecule has 0 aliphatic carbocycles. The van der Waals surface area contributed by atoms with Crippen LogP contribution in [0.5, 0.6) is 0 Å². The summed E-state index contributed by atoms with van der Waals surface area (Å²) < 4.78 is 4.87. The Kier molecular flexibility index (Phi) is 1.48. The van der Waals surface area contributed by atoms with E-state index in [9.17, 15) is 4.79 Å². The minimum atomic E-state index is -0.0730. The summed E-state index contributed by atoms with van der Waals surface area (Å²) in [7, 11) is 0. The molecule has 4 heteroatoms. The Morgan fingerprint density at radius 2 is 2.27 bits per heavy atom. The third-order valence-corrected chi connectivity index (χ3v) is 2.55. The van der Waals surface area contributed by atoms with Gasteiger partial charge in [-0.25, -0.2) is 0 Å². The van der Waals surface area contributed by atoms with E-state index < -0.39 is 0 Å². The van der Waals surface area contributed by atoms with E-state index >= 15 is 0 Å². The van der Waals surface area contributed by atoms with E-state index in [1.165, 1.54) is 0 Å². The lowest BCUT2D eigenvalue weighted by molar-refractivity contribution is 0.428. The third kappa shape index (κ3) is 1.08. The van der Waals surface area contributed by atoms with Crippen LogP contribution < -0.4 is 5.56 Å². The van der Waals surface area contributed by atoms with Crippen LogP contribution in [0.2, 0.25) is 0 Å². The first kappa shape index (κ1) is 8.23. The van der Waals surface area contributed by atoms with Gasteiger partial charge in [-0.2, -0.15) is 0 Å². The standard InChI is InChI=1S/C11H8N2O2/c1-6-4-7-2-3-9-8(5-15-13-9)10(7)12-11(6)14/h2-5H,1H3,(H,12,14). The molecule has 0 fully saturated rings. The monoisotopic (exact) mass is 200 g/mol. The van der Waals surface area contributed by atoms with Crippen molar-refractivity contribution in [1.82, 2.24) is 10.1 Å². The molecule has 0 bridgehead atoms. The molecule has 15 heavy (non-hydrogen) atoms. The van der Waals surface area contributed by atoms with Crippen molar-refractivity contribution in [3.8, 4) is 0 Å². The molecule has 1 aromatic carbocycles. The first-order valence-corrected chi connectivity index (χ1v) is 4.62. The fraction of sp³-hybridized carbons (Fsp3) is 0.0909. The third-order valence-electron chi connectivity index (χ3n) is 2.55. The second kappa shape index (κ2) is 2.70. The SMILES string of the molecule is Cc1cc2ccc3nocc3c2[nH]c1=O. The maximum Gasteiger partial charge on any atom is 0.251 e. The van der Waals surface area contributed by atoms with Crippen LogP contribution in [0.4, 0.5) is 0 Å². The maximum absolute atomic E-state index is 11.5. The largest absolute Gasteiger partial charge is 0.363 e. The molecule has 3 aromatic rings. The molecule has 0 saturated carbocycles. The quantitative estimate of drug-likeness (QED) is 0.603. The lowest BCUT2D eigenvalue weighted by Gasteiger charge is -1.99. The summed E-state index contributed by atoms with van der Waals surface area (Å²) in [6, 6.07) is 5.66. The van der Waals surface area contributed by atoms with Gasteiger partial charge in [0.1, 0.15) is 11.8 Å². The number of aromatic nitrogens is 2. The van der Waals surface area contributed by atoms with Crippen LogP contribution in [-0.2, 0) is 0 Å². The number of hydrogen-bond donors (Lipinski definition) is 1. The molecule has 0 saturated heterocycles. The molecule has 0 radical (unpaired) electrons. The number of nitrogens with zero attached hydrogens (tertiary/aromatic N) is 1. The number of hydrogen-bond acceptors (Lipinski definition) is 3. The van der Waals surface area contributed by atoms with Crippen molar-refractivity contribution in [3.05, 3.63) is 40.4 Å². The number of pyridine rings is 1. The second-order valence-electron chi connectivity index (χ2n) is 3.56. The van der Waals surface area contributed by atoms with Crippen LogP contribution in [0.15, 0.2) is 33.8 Å². The van der Waals surface area contributed by atoms with E-state index in [4.69, 9.17) is 4.52 Å². The Hall–Kier alpha value is -2.10. The minimum Gasteiger partial charge on any atom is -0.363 e. The van der Waals surface area contributed by atoms with Crippen LogP contribution in [0.3, 0.4) is 0 Å². The molecule has 0 spiro atoms. The van der Waals surface area contributed by atoms with Gasteiger partial charge < -0.3 is 9.51 Å². The lowest BCUT2D eigenvalue weighted by atomic mass is 10.1. The van der Waals surface area contributed by atoms with Crippen LogP contribution >= 0.6 is 0 Å². The van der Waals surface area contributed by atoms with Crippen molar-refractivity contribution in [3.63, 3.8) is 0 Å². The molecule has 2 aromatic heterocycles. The van der Waals surface area contributed by atoms with Gasteiger partial charge in [-0.3, -0.25) is 4.79 Å². The van der Waals surface area contributed by atoms with Crippen LogP contribution in [0, 0.1) is 6.92 Å². The normalized spacial score (nSPS) is 11.3. The summed E-state index contributed by atoms with van der Waals surface area (Å²) in [6.45, 7) is 1.79. The van der Waals surface area contributed by atoms with Gasteiger partial charge in [0.05, 0.1) is 10.9 Å². The molecule has 2 heterocycles. The predicted octanol–water partition coefficient (Wildman–Crippen LogP) is 1.98. The highest BCUT2D eigenvalue weighted by Gasteiger charge is 2.05. The summed E-state index contributed by atoms with van der Waals surface area (Å²) in [5.41, 5.74) is 2.17. The molecular weight excluding hydrogens is 192 g/mol. The molecule has 0 atom stereocenters. The van der Waals surface area contributed by atoms with Crippen LogP contribution in [0.1, 0.15) is 5.56 Å². The van der Waals surface area contributed by atoms with Gasteiger partial charge >= 0.3 is 0 Å². The predicted molar refractivity (Wildman–Crippen MR) is 56.9 cm³/mol. The summed E-state index contributed by atoms with van der Waals surface area (Å²) >= 11 is 0. The van der Waals surface area contributed by atoms with Crippen molar-refractivity contribution < 1.29 is 4.52 Å². The van der Waals surface area contributed by atoms with Crippen molar-refractivity contribution >= 4 is 21.8 Å². The number of H-pyrrole nitrogens is 1. The molecule has 0 amide bonds. The number of benzene rings is 1. The zero-order valence-corrected chi connectivity index (χ0v) is 8.07. The maximum atomic E-state index is 11.5. The lowest BCUT2D eigenvalue weighted by Crippen LogP contribution is -2.08. The molecule has 0 aliphatic heterocycles. The highest BCUT2D eigenvalue weighted by molar-refractivity contribution is 6.03. The van der Waals surface area contributed by atoms with Gasteiger partial charge in [0, 0.05) is 5.56 Å². The Labute approximate surface area is 84.5 Å². The minimum absolute atomic E-state index is 0.0730. The van der Waals surface area contributed by atoms with Crippen molar-refractivity contribution in [2.24, 2.45) is 0 Å². The Bertz CT molecular complexity index is 709. The number of aromatic amines is 1. The zero-order chi connectivity index (χ0) is 10.4. The van der Waals surface area contributed by atoms with Crippen LogP contribution in [-0.4, -0.2) is 10.1 Å². The van der Waals surface area contributed by atoms with Gasteiger partial charge in [-0.15, -0.1) is 0 Å². The van der Waals surface area contributed by atoms with E-state index in [1.807, 2.05) is 18.2 Å². The smallest absolute Gasteiger partial charge is 0.251 e. The Morgan fingerprint density at radius 1 is 1.40 bits per heavy atom. The fourth-order valence-electron chi connectivity index (χ4n) is 1.73. The molecule has 1 N–H and O–H groups in total. The number of nitrogens with one attached hydrogen (secondary N) is 1. The Morgan fingerprint density at radius 3 is 3.13 bits per heavy atom. The van der Waals surface area contributed by atoms with Gasteiger partial charge in [0.15, 0.2) is 0 Å². The van der Waals surface area contributed by atoms with Crippen molar-refractivity contribution in [2.75, 3.05) is 0 Å². The molecule has 74 valence electrons. The molecule has 0 unspecified atom stereocenters. The van der Waals surface area contributed by atoms with E-state index in [2.05, 4.69) is 10.1 Å². The molecular formula is C11H8N2O2. The van der Waals surface area contributed by atoms with Gasteiger partial charge in [-0.1, -0.05) is 11.2 Å². The fourth-order valence-corrected chi connectivity index (χ4v) is 1.73. The van der Waals surface area contributed by atoms with E-state index in [0.29, 0.717) is 5.56 Å². The molecule has 3 rings (SSSR count). The summed E-state index contributed by atoms with van der Waals surface area (Å²) in [6.07, 6.45) is 1.54. The number of rotatable bonds is 0. The topological polar surface area (TPSA) is 58.9 Å². The summed E-state index contributed by atoms with van der Waals surface area (Å²) in [5, 5.41) is 5.65. The first-order valence-electron chi connectivity index (χ1n) is 4.62. The zero-order valence-electron chi connectivity index (χ0n) is 8.07. The average molecular weight is 200 g/mol. The van der Waals surface area contributed by atoms with Crippen LogP contribution in [0.25, 0.3) is 21.8 Å². The molecule has 4 nitrogen and oxygen atoms in total. The highest BCUT2D eigenvalue weighted by atomic mass is 16.5.